The number of oxime groups is 1. The number of Topliss-reactive ketones (excluding diaryl/α,β-unsaturated/α-hetero) is 1. The van der Waals surface area contributed by atoms with Crippen LogP contribution in [0.1, 0.15) is 15.9 Å². The number of hydrogen-bond acceptors (Lipinski definition) is 6. The van der Waals surface area contributed by atoms with Crippen LogP contribution in [0, 0.1) is 0 Å². The maximum atomic E-state index is 12.2. The Morgan fingerprint density at radius 1 is 0.903 bits per heavy atom. The highest BCUT2D eigenvalue weighted by Crippen LogP contribution is 2.28. The monoisotopic (exact) mass is 418 g/mol. The third kappa shape index (κ3) is 5.70. The van der Waals surface area contributed by atoms with Gasteiger partial charge >= 0.3 is 0 Å². The number of rotatable bonds is 9. The minimum absolute atomic E-state index is 0.0847. The van der Waals surface area contributed by atoms with Crippen LogP contribution in [0.15, 0.2) is 84.0 Å². The fourth-order valence-corrected chi connectivity index (χ4v) is 2.78. The van der Waals surface area contributed by atoms with Gasteiger partial charge in [0.15, 0.2) is 18.1 Å². The molecule has 0 unspecified atom stereocenters. The normalized spacial score (nSPS) is 10.8. The van der Waals surface area contributed by atoms with Crippen molar-refractivity contribution in [3.05, 3.63) is 90.0 Å². The second-order valence-corrected chi connectivity index (χ2v) is 6.35. The van der Waals surface area contributed by atoms with Gasteiger partial charge in [-0.2, -0.15) is 0 Å². The van der Waals surface area contributed by atoms with Crippen molar-refractivity contribution in [2.45, 2.75) is 0 Å². The molecule has 3 rings (SSSR count). The van der Waals surface area contributed by atoms with Crippen molar-refractivity contribution in [2.24, 2.45) is 5.16 Å². The zero-order valence-corrected chi connectivity index (χ0v) is 17.2. The van der Waals surface area contributed by atoms with Crippen LogP contribution in [0.5, 0.6) is 17.2 Å². The van der Waals surface area contributed by atoms with Crippen molar-refractivity contribution in [1.82, 2.24) is 5.32 Å². The smallest absolute Gasteiger partial charge is 0.273 e. The zero-order chi connectivity index (χ0) is 22.1. The number of nitrogens with one attached hydrogen (secondary N) is 1. The number of ether oxygens (including phenoxy) is 2. The summed E-state index contributed by atoms with van der Waals surface area (Å²) >= 11 is 0. The van der Waals surface area contributed by atoms with Crippen LogP contribution in [0.25, 0.3) is 0 Å². The summed E-state index contributed by atoms with van der Waals surface area (Å²) in [5.74, 6) is 0.846. The van der Waals surface area contributed by atoms with Gasteiger partial charge in [-0.25, -0.2) is 0 Å². The molecular weight excluding hydrogens is 396 g/mol. The average Bonchev–Trinajstić information content (AvgIpc) is 2.82. The van der Waals surface area contributed by atoms with Gasteiger partial charge in [0.1, 0.15) is 24.4 Å². The molecule has 31 heavy (non-hydrogen) atoms. The summed E-state index contributed by atoms with van der Waals surface area (Å²) in [5, 5.41) is 6.36. The molecule has 158 valence electrons. The lowest BCUT2D eigenvalue weighted by Crippen LogP contribution is -2.28. The fourth-order valence-electron chi connectivity index (χ4n) is 2.78. The lowest BCUT2D eigenvalue weighted by atomic mass is 10.1. The first kappa shape index (κ1) is 21.6. The highest BCUT2D eigenvalue weighted by molar-refractivity contribution is 6.45. The summed E-state index contributed by atoms with van der Waals surface area (Å²) in [4.78, 5) is 29.3. The summed E-state index contributed by atoms with van der Waals surface area (Å²) in [7, 11) is 2.87. The molecule has 3 aromatic rings. The Hall–Kier alpha value is -4.13. The van der Waals surface area contributed by atoms with Crippen molar-refractivity contribution < 1.29 is 23.9 Å². The van der Waals surface area contributed by atoms with E-state index in [1.807, 2.05) is 6.07 Å². The van der Waals surface area contributed by atoms with Gasteiger partial charge in [0.2, 0.25) is 0 Å². The zero-order valence-electron chi connectivity index (χ0n) is 17.2. The lowest BCUT2D eigenvalue weighted by Gasteiger charge is -2.13. The van der Waals surface area contributed by atoms with E-state index in [1.54, 1.807) is 72.8 Å². The summed E-state index contributed by atoms with van der Waals surface area (Å²) < 4.78 is 11.6. The van der Waals surface area contributed by atoms with E-state index in [0.717, 1.165) is 0 Å². The predicted molar refractivity (Wildman–Crippen MR) is 117 cm³/mol. The van der Waals surface area contributed by atoms with E-state index in [1.165, 1.54) is 14.2 Å². The molecular formula is C24H22N2O5. The number of carbonyl (C=O) groups excluding carboxylic acids is 2. The Bertz CT molecular complexity index is 1080. The molecule has 0 saturated heterocycles. The van der Waals surface area contributed by atoms with Crippen molar-refractivity contribution in [2.75, 3.05) is 20.8 Å². The van der Waals surface area contributed by atoms with E-state index < -0.39 is 5.91 Å². The standard InChI is InChI=1S/C24H22N2O5/c1-25-24(28)23(26-29-2)20-13-6-7-14-22(20)31-19-12-8-11-18(15-19)30-16-21(27)17-9-4-3-5-10-17/h3-15H,16H2,1-2H3,(H,25,28)/b26-23-. The minimum Gasteiger partial charge on any atom is -0.485 e. The van der Waals surface area contributed by atoms with E-state index >= 15 is 0 Å². The molecule has 7 heteroatoms. The second-order valence-electron chi connectivity index (χ2n) is 6.35. The number of benzene rings is 3. The maximum absolute atomic E-state index is 12.2. The van der Waals surface area contributed by atoms with E-state index in [0.29, 0.717) is 28.4 Å². The van der Waals surface area contributed by atoms with Gasteiger partial charge in [0.25, 0.3) is 5.91 Å². The number of para-hydroxylation sites is 1. The first-order valence-corrected chi connectivity index (χ1v) is 9.54. The Morgan fingerprint density at radius 3 is 2.35 bits per heavy atom. The van der Waals surface area contributed by atoms with Crippen LogP contribution >= 0.6 is 0 Å². The largest absolute Gasteiger partial charge is 0.485 e. The molecule has 0 aliphatic rings. The van der Waals surface area contributed by atoms with E-state index in [2.05, 4.69) is 10.5 Å². The lowest BCUT2D eigenvalue weighted by molar-refractivity contribution is -0.114. The Kier molecular flexibility index (Phi) is 7.37. The molecule has 7 nitrogen and oxygen atoms in total. The molecule has 0 saturated carbocycles. The molecule has 0 heterocycles. The molecule has 3 aromatic carbocycles. The third-order valence-electron chi connectivity index (χ3n) is 4.27. The molecule has 0 atom stereocenters. The molecule has 1 N–H and O–H groups in total. The Morgan fingerprint density at radius 2 is 1.61 bits per heavy atom. The average molecular weight is 418 g/mol. The van der Waals surface area contributed by atoms with Crippen LogP contribution in [-0.2, 0) is 9.63 Å². The summed E-state index contributed by atoms with van der Waals surface area (Å²) in [6.45, 7) is -0.0919. The molecule has 0 radical (unpaired) electrons. The first-order chi connectivity index (χ1) is 15.1. The molecule has 0 aliphatic heterocycles. The van der Waals surface area contributed by atoms with Crippen molar-refractivity contribution in [3.63, 3.8) is 0 Å². The number of ketones is 1. The van der Waals surface area contributed by atoms with Gasteiger partial charge in [-0.05, 0) is 24.3 Å². The van der Waals surface area contributed by atoms with Crippen LogP contribution in [0.3, 0.4) is 0 Å². The van der Waals surface area contributed by atoms with Crippen LogP contribution in [0.2, 0.25) is 0 Å². The van der Waals surface area contributed by atoms with E-state index in [-0.39, 0.29) is 18.1 Å². The number of likely N-dealkylation sites (N-methyl/N-ethyl adjacent to an activating group) is 1. The third-order valence-corrected chi connectivity index (χ3v) is 4.27. The molecule has 0 spiro atoms. The molecule has 0 aromatic heterocycles. The van der Waals surface area contributed by atoms with E-state index in [9.17, 15) is 9.59 Å². The molecule has 0 bridgehead atoms. The molecule has 0 fully saturated rings. The van der Waals surface area contributed by atoms with E-state index in [4.69, 9.17) is 14.3 Å². The highest BCUT2D eigenvalue weighted by atomic mass is 16.6. The van der Waals surface area contributed by atoms with Gasteiger partial charge in [0, 0.05) is 18.7 Å². The SMILES string of the molecule is CNC(=O)/C(=N\OC)c1ccccc1Oc1cccc(OCC(=O)c2ccccc2)c1. The maximum Gasteiger partial charge on any atom is 0.273 e. The second kappa shape index (κ2) is 10.6. The predicted octanol–water partition coefficient (Wildman–Crippen LogP) is 3.84. The minimum atomic E-state index is -0.408. The summed E-state index contributed by atoms with van der Waals surface area (Å²) in [6, 6.07) is 22.8. The Balaban J connectivity index is 1.76. The van der Waals surface area contributed by atoms with Crippen LogP contribution in [0.4, 0.5) is 0 Å². The van der Waals surface area contributed by atoms with Gasteiger partial charge < -0.3 is 19.6 Å². The van der Waals surface area contributed by atoms with Gasteiger partial charge in [-0.3, -0.25) is 9.59 Å². The molecule has 1 amide bonds. The number of hydrogen-bond donors (Lipinski definition) is 1. The summed E-state index contributed by atoms with van der Waals surface area (Å²) in [5.41, 5.74) is 1.14. The van der Waals surface area contributed by atoms with Gasteiger partial charge in [0.05, 0.1) is 5.56 Å². The quantitative estimate of drug-likeness (QED) is 0.324. The van der Waals surface area contributed by atoms with Crippen molar-refractivity contribution >= 4 is 17.4 Å². The van der Waals surface area contributed by atoms with Gasteiger partial charge in [-0.1, -0.05) is 53.7 Å². The fraction of sp³-hybridized carbons (Fsp3) is 0.125. The molecule has 0 aliphatic carbocycles. The highest BCUT2D eigenvalue weighted by Gasteiger charge is 2.18. The van der Waals surface area contributed by atoms with Crippen LogP contribution < -0.4 is 14.8 Å². The van der Waals surface area contributed by atoms with Crippen LogP contribution in [-0.4, -0.2) is 38.2 Å². The van der Waals surface area contributed by atoms with Crippen molar-refractivity contribution in [1.29, 1.82) is 0 Å². The number of amides is 1. The Labute approximate surface area is 180 Å². The van der Waals surface area contributed by atoms with Gasteiger partial charge in [-0.15, -0.1) is 0 Å². The number of nitrogens with zero attached hydrogens (tertiary/aromatic N) is 1. The summed E-state index contributed by atoms with van der Waals surface area (Å²) in [6.07, 6.45) is 0. The topological polar surface area (TPSA) is 86.2 Å². The number of carbonyl (C=O) groups is 2. The first-order valence-electron chi connectivity index (χ1n) is 9.54. The van der Waals surface area contributed by atoms with Crippen molar-refractivity contribution in [3.8, 4) is 17.2 Å².